The molecule has 0 aliphatic carbocycles. The SMILES string of the molecule is CCCC(=O)NC(Cc1ccc(O)cc1)C(=O)NCCCNCCCCNCCCNC(=O)C(N)CCCN=C(N)N. The summed E-state index contributed by atoms with van der Waals surface area (Å²) in [5.74, 6) is -0.308. The summed E-state index contributed by atoms with van der Waals surface area (Å²) in [4.78, 5) is 40.7. The van der Waals surface area contributed by atoms with Gasteiger partial charge in [0.1, 0.15) is 11.8 Å². The number of carbonyl (C=O) groups excluding carboxylic acids is 3. The van der Waals surface area contributed by atoms with Crippen LogP contribution >= 0.6 is 0 Å². The molecule has 13 nitrogen and oxygen atoms in total. The van der Waals surface area contributed by atoms with Gasteiger partial charge in [-0.05, 0) is 88.8 Å². The van der Waals surface area contributed by atoms with E-state index in [9.17, 15) is 19.5 Å². The fourth-order valence-electron chi connectivity index (χ4n) is 4.08. The lowest BCUT2D eigenvalue weighted by Crippen LogP contribution is -2.48. The summed E-state index contributed by atoms with van der Waals surface area (Å²) in [5, 5.41) is 24.9. The number of nitrogens with two attached hydrogens (primary N) is 3. The number of rotatable bonds is 24. The maximum absolute atomic E-state index is 12.7. The van der Waals surface area contributed by atoms with Gasteiger partial charge in [-0.25, -0.2) is 0 Å². The number of amides is 3. The third-order valence-corrected chi connectivity index (χ3v) is 6.43. The number of phenols is 1. The summed E-state index contributed by atoms with van der Waals surface area (Å²) < 4.78 is 0. The Hall–Kier alpha value is -3.42. The normalized spacial score (nSPS) is 12.2. The van der Waals surface area contributed by atoms with Crippen molar-refractivity contribution in [3.8, 4) is 5.75 Å². The number of nitrogens with one attached hydrogen (secondary N) is 5. The second-order valence-corrected chi connectivity index (χ2v) is 10.3. The van der Waals surface area contributed by atoms with Gasteiger partial charge in [-0.1, -0.05) is 19.1 Å². The number of carbonyl (C=O) groups is 3. The van der Waals surface area contributed by atoms with Crippen LogP contribution in [0.15, 0.2) is 29.3 Å². The summed E-state index contributed by atoms with van der Waals surface area (Å²) in [7, 11) is 0. The minimum Gasteiger partial charge on any atom is -0.508 e. The van der Waals surface area contributed by atoms with Crippen LogP contribution in [0.5, 0.6) is 5.75 Å². The van der Waals surface area contributed by atoms with Crippen LogP contribution in [0.25, 0.3) is 0 Å². The number of phenolic OH excluding ortho intramolecular Hbond substituents is 1. The van der Waals surface area contributed by atoms with Crippen LogP contribution in [0, 0.1) is 0 Å². The molecule has 0 bridgehead atoms. The first-order valence-electron chi connectivity index (χ1n) is 15.1. The molecule has 1 aromatic carbocycles. The fourth-order valence-corrected chi connectivity index (χ4v) is 4.08. The number of unbranched alkanes of at least 4 members (excludes halogenated alkanes) is 1. The monoisotopic (exact) mass is 591 g/mol. The van der Waals surface area contributed by atoms with Gasteiger partial charge in [0, 0.05) is 32.5 Å². The van der Waals surface area contributed by atoms with E-state index in [0.717, 1.165) is 57.4 Å². The molecule has 0 spiro atoms. The first kappa shape index (κ1) is 36.6. The average molecular weight is 592 g/mol. The van der Waals surface area contributed by atoms with Crippen molar-refractivity contribution >= 4 is 23.7 Å². The molecular formula is C29H53N9O4. The Labute approximate surface area is 250 Å². The molecule has 12 N–H and O–H groups in total. The van der Waals surface area contributed by atoms with Gasteiger partial charge in [0.15, 0.2) is 5.96 Å². The molecule has 2 unspecified atom stereocenters. The molecule has 2 atom stereocenters. The first-order chi connectivity index (χ1) is 20.2. The van der Waals surface area contributed by atoms with Gasteiger partial charge in [-0.2, -0.15) is 0 Å². The maximum atomic E-state index is 12.7. The highest BCUT2D eigenvalue weighted by Gasteiger charge is 2.20. The van der Waals surface area contributed by atoms with Crippen molar-refractivity contribution in [1.82, 2.24) is 26.6 Å². The average Bonchev–Trinajstić information content (AvgIpc) is 2.95. The molecule has 0 fully saturated rings. The van der Waals surface area contributed by atoms with Crippen molar-refractivity contribution in [1.29, 1.82) is 0 Å². The molecule has 0 aromatic heterocycles. The molecule has 1 aromatic rings. The van der Waals surface area contributed by atoms with E-state index in [1.165, 1.54) is 0 Å². The summed E-state index contributed by atoms with van der Waals surface area (Å²) in [6.45, 7) is 6.88. The Kier molecular flexibility index (Phi) is 20.2. The van der Waals surface area contributed by atoms with Gasteiger partial charge < -0.3 is 48.9 Å². The van der Waals surface area contributed by atoms with Gasteiger partial charge in [0.2, 0.25) is 17.7 Å². The van der Waals surface area contributed by atoms with Crippen LogP contribution in [-0.2, 0) is 20.8 Å². The number of aliphatic imine (C=N–C) groups is 1. The number of hydrogen-bond acceptors (Lipinski definition) is 8. The zero-order chi connectivity index (χ0) is 31.0. The zero-order valence-corrected chi connectivity index (χ0v) is 25.1. The second-order valence-electron chi connectivity index (χ2n) is 10.3. The standard InChI is InChI=1S/C29H53N9O4/c1-2-8-26(40)38-25(21-22-10-12-23(39)13-11-22)28(42)36-20-7-17-34-15-4-3-14-33-16-6-19-35-27(41)24(30)9-5-18-37-29(31)32/h10-13,24-25,33-34,39H,2-9,14-21,30H2,1H3,(H,35,41)(H,36,42)(H,38,40)(H4,31,32,37). The highest BCUT2D eigenvalue weighted by Crippen LogP contribution is 2.11. The first-order valence-corrected chi connectivity index (χ1v) is 15.1. The van der Waals surface area contributed by atoms with Crippen molar-refractivity contribution in [2.24, 2.45) is 22.2 Å². The van der Waals surface area contributed by atoms with E-state index in [1.807, 2.05) is 6.92 Å². The van der Waals surface area contributed by atoms with Gasteiger partial charge in [-0.3, -0.25) is 19.4 Å². The molecular weight excluding hydrogens is 538 g/mol. The van der Waals surface area contributed by atoms with Gasteiger partial charge in [0.05, 0.1) is 6.04 Å². The molecule has 0 radical (unpaired) electrons. The van der Waals surface area contributed by atoms with Crippen molar-refractivity contribution in [2.75, 3.05) is 45.8 Å². The Morgan fingerprint density at radius 3 is 1.98 bits per heavy atom. The molecule has 3 amide bonds. The van der Waals surface area contributed by atoms with E-state index in [1.54, 1.807) is 24.3 Å². The molecule has 13 heteroatoms. The molecule has 0 heterocycles. The topological polar surface area (TPSA) is 222 Å². The van der Waals surface area contributed by atoms with E-state index in [2.05, 4.69) is 31.6 Å². The van der Waals surface area contributed by atoms with Crippen LogP contribution in [0.4, 0.5) is 0 Å². The highest BCUT2D eigenvalue weighted by molar-refractivity contribution is 5.87. The van der Waals surface area contributed by atoms with Crippen molar-refractivity contribution in [3.05, 3.63) is 29.8 Å². The summed E-state index contributed by atoms with van der Waals surface area (Å²) in [6, 6.07) is 5.43. The lowest BCUT2D eigenvalue weighted by atomic mass is 10.0. The second kappa shape index (κ2) is 23.2. The number of benzene rings is 1. The predicted molar refractivity (Wildman–Crippen MR) is 167 cm³/mol. The molecule has 42 heavy (non-hydrogen) atoms. The molecule has 0 aliphatic heterocycles. The van der Waals surface area contributed by atoms with Crippen LogP contribution in [0.3, 0.4) is 0 Å². The predicted octanol–water partition coefficient (Wildman–Crippen LogP) is -0.427. The number of nitrogens with zero attached hydrogens (tertiary/aromatic N) is 1. The molecule has 0 aliphatic rings. The van der Waals surface area contributed by atoms with Crippen LogP contribution in [0.1, 0.15) is 63.9 Å². The van der Waals surface area contributed by atoms with Gasteiger partial charge >= 0.3 is 0 Å². The minimum absolute atomic E-state index is 0.0412. The summed E-state index contributed by atoms with van der Waals surface area (Å²) in [5.41, 5.74) is 17.3. The van der Waals surface area contributed by atoms with Crippen molar-refractivity contribution in [2.45, 2.75) is 76.8 Å². The summed E-state index contributed by atoms with van der Waals surface area (Å²) in [6.07, 6.45) is 6.31. The molecule has 0 saturated carbocycles. The zero-order valence-electron chi connectivity index (χ0n) is 25.1. The number of aromatic hydroxyl groups is 1. The van der Waals surface area contributed by atoms with Crippen molar-refractivity contribution in [3.63, 3.8) is 0 Å². The van der Waals surface area contributed by atoms with Gasteiger partial charge in [0.25, 0.3) is 0 Å². The Balaban J connectivity index is 2.06. The third-order valence-electron chi connectivity index (χ3n) is 6.43. The third kappa shape index (κ3) is 18.8. The number of guanidine groups is 1. The van der Waals surface area contributed by atoms with Crippen molar-refractivity contribution < 1.29 is 19.5 Å². The van der Waals surface area contributed by atoms with E-state index in [-0.39, 0.29) is 29.4 Å². The van der Waals surface area contributed by atoms with Crippen LogP contribution < -0.4 is 43.8 Å². The Bertz CT molecular complexity index is 924. The van der Waals surface area contributed by atoms with Crippen LogP contribution in [0.2, 0.25) is 0 Å². The van der Waals surface area contributed by atoms with E-state index < -0.39 is 12.1 Å². The Morgan fingerprint density at radius 2 is 1.40 bits per heavy atom. The van der Waals surface area contributed by atoms with E-state index >= 15 is 0 Å². The fraction of sp³-hybridized carbons (Fsp3) is 0.655. The van der Waals surface area contributed by atoms with Crippen LogP contribution in [-0.4, -0.2) is 86.7 Å². The highest BCUT2D eigenvalue weighted by atomic mass is 16.3. The lowest BCUT2D eigenvalue weighted by molar-refractivity contribution is -0.129. The Morgan fingerprint density at radius 1 is 0.833 bits per heavy atom. The van der Waals surface area contributed by atoms with E-state index in [0.29, 0.717) is 51.7 Å². The molecule has 0 saturated heterocycles. The maximum Gasteiger partial charge on any atom is 0.242 e. The van der Waals surface area contributed by atoms with Gasteiger partial charge in [-0.15, -0.1) is 0 Å². The quantitative estimate of drug-likeness (QED) is 0.0432. The minimum atomic E-state index is -0.657. The number of hydrogen-bond donors (Lipinski definition) is 9. The summed E-state index contributed by atoms with van der Waals surface area (Å²) >= 11 is 0. The largest absolute Gasteiger partial charge is 0.508 e. The smallest absolute Gasteiger partial charge is 0.242 e. The molecule has 238 valence electrons. The van der Waals surface area contributed by atoms with E-state index in [4.69, 9.17) is 17.2 Å². The molecule has 1 rings (SSSR count). The lowest BCUT2D eigenvalue weighted by Gasteiger charge is -2.19.